The van der Waals surface area contributed by atoms with Crippen LogP contribution in [0.1, 0.15) is 18.4 Å². The van der Waals surface area contributed by atoms with Crippen LogP contribution in [0.4, 0.5) is 13.6 Å². The van der Waals surface area contributed by atoms with Crippen molar-refractivity contribution in [1.82, 2.24) is 9.80 Å². The molecule has 2 amide bonds. The molecule has 1 aliphatic rings. The molecule has 1 unspecified atom stereocenters. The van der Waals surface area contributed by atoms with E-state index in [1.54, 1.807) is 34.1 Å². The minimum atomic E-state index is -0.972. The summed E-state index contributed by atoms with van der Waals surface area (Å²) in [7, 11) is 1.40. The van der Waals surface area contributed by atoms with Crippen LogP contribution in [0.2, 0.25) is 0 Å². The molecule has 3 aromatic carbocycles. The van der Waals surface area contributed by atoms with Crippen molar-refractivity contribution >= 4 is 12.0 Å². The van der Waals surface area contributed by atoms with Crippen molar-refractivity contribution in [3.8, 4) is 22.6 Å². The van der Waals surface area contributed by atoms with Crippen LogP contribution in [0.15, 0.2) is 66.7 Å². The molecule has 0 saturated carbocycles. The third kappa shape index (κ3) is 6.79. The second kappa shape index (κ2) is 12.4. The van der Waals surface area contributed by atoms with E-state index in [4.69, 9.17) is 14.6 Å². The van der Waals surface area contributed by atoms with Crippen molar-refractivity contribution < 1.29 is 33.0 Å². The number of nitrogens with zero attached hydrogens (tertiary/aromatic N) is 2. The number of amides is 2. The van der Waals surface area contributed by atoms with Crippen LogP contribution in [0.5, 0.6) is 11.5 Å². The molecule has 1 atom stereocenters. The number of aliphatic carboxylic acids is 1. The van der Waals surface area contributed by atoms with Gasteiger partial charge in [0.1, 0.15) is 11.5 Å². The number of methoxy groups -OCH3 is 1. The summed E-state index contributed by atoms with van der Waals surface area (Å²) in [5, 5.41) is 9.12. The molecule has 0 bridgehead atoms. The molecule has 0 aliphatic carbocycles. The highest BCUT2D eigenvalue weighted by atomic mass is 19.2. The smallest absolute Gasteiger partial charge is 0.320 e. The van der Waals surface area contributed by atoms with Crippen molar-refractivity contribution in [2.75, 3.05) is 33.4 Å². The van der Waals surface area contributed by atoms with Gasteiger partial charge in [-0.3, -0.25) is 4.79 Å². The summed E-state index contributed by atoms with van der Waals surface area (Å²) in [6.45, 7) is 1.97. The third-order valence-electron chi connectivity index (χ3n) is 6.53. The first kappa shape index (κ1) is 26.9. The highest BCUT2D eigenvalue weighted by Crippen LogP contribution is 2.33. The van der Waals surface area contributed by atoms with Crippen molar-refractivity contribution in [2.45, 2.75) is 19.4 Å². The summed E-state index contributed by atoms with van der Waals surface area (Å²) < 4.78 is 38.4. The van der Waals surface area contributed by atoms with Crippen LogP contribution in [-0.4, -0.2) is 60.3 Å². The van der Waals surface area contributed by atoms with Crippen LogP contribution in [0.25, 0.3) is 11.1 Å². The van der Waals surface area contributed by atoms with E-state index in [9.17, 15) is 18.4 Å². The quantitative estimate of drug-likeness (QED) is 0.382. The van der Waals surface area contributed by atoms with E-state index in [-0.39, 0.29) is 30.7 Å². The SMILES string of the molecule is COc1cc(F)c(F)cc1-c1ccc(OCC2CCN(C(=O)N(CCC(=O)O)Cc3ccccc3)C2)cc1. The standard InChI is InChI=1S/C29H30F2N2O5/c1-37-27-16-26(31)25(30)15-24(27)22-7-9-23(10-8-22)38-19-21-11-13-32(18-21)29(36)33(14-12-28(34)35)17-20-5-3-2-4-6-20/h2-10,15-16,21H,11-14,17-19H2,1H3,(H,34,35). The molecule has 200 valence electrons. The molecule has 4 rings (SSSR count). The van der Waals surface area contributed by atoms with Gasteiger partial charge in [-0.15, -0.1) is 0 Å². The molecule has 1 N–H and O–H groups in total. The molecule has 0 spiro atoms. The van der Waals surface area contributed by atoms with E-state index < -0.39 is 17.6 Å². The van der Waals surface area contributed by atoms with Gasteiger partial charge in [0, 0.05) is 43.7 Å². The first-order valence-electron chi connectivity index (χ1n) is 12.4. The largest absolute Gasteiger partial charge is 0.496 e. The number of carbonyl (C=O) groups excluding carboxylic acids is 1. The van der Waals surface area contributed by atoms with E-state index >= 15 is 0 Å². The van der Waals surface area contributed by atoms with E-state index in [2.05, 4.69) is 0 Å². The van der Waals surface area contributed by atoms with E-state index in [0.717, 1.165) is 24.1 Å². The summed E-state index contributed by atoms with van der Waals surface area (Å²) in [5.74, 6) is -1.89. The lowest BCUT2D eigenvalue weighted by Gasteiger charge is -2.28. The fourth-order valence-corrected chi connectivity index (χ4v) is 4.49. The average molecular weight is 525 g/mol. The predicted octanol–water partition coefficient (Wildman–Crippen LogP) is 5.44. The van der Waals surface area contributed by atoms with E-state index in [1.165, 1.54) is 7.11 Å². The number of hydrogen-bond donors (Lipinski definition) is 1. The van der Waals surface area contributed by atoms with Crippen LogP contribution >= 0.6 is 0 Å². The van der Waals surface area contributed by atoms with Gasteiger partial charge in [0.25, 0.3) is 0 Å². The molecule has 9 heteroatoms. The molecule has 7 nitrogen and oxygen atoms in total. The topological polar surface area (TPSA) is 79.3 Å². The molecule has 0 radical (unpaired) electrons. The zero-order valence-corrected chi connectivity index (χ0v) is 21.1. The Morgan fingerprint density at radius 1 is 1.05 bits per heavy atom. The number of carboxylic acids is 1. The first-order valence-corrected chi connectivity index (χ1v) is 12.4. The minimum absolute atomic E-state index is 0.120. The van der Waals surface area contributed by atoms with Gasteiger partial charge in [0.05, 0.1) is 20.1 Å². The van der Waals surface area contributed by atoms with Crippen LogP contribution < -0.4 is 9.47 Å². The highest BCUT2D eigenvalue weighted by molar-refractivity contribution is 5.76. The van der Waals surface area contributed by atoms with Gasteiger partial charge < -0.3 is 24.4 Å². The van der Waals surface area contributed by atoms with Gasteiger partial charge in [0.15, 0.2) is 11.6 Å². The Bertz CT molecular complexity index is 1250. The number of halogens is 2. The van der Waals surface area contributed by atoms with E-state index in [0.29, 0.717) is 43.1 Å². The maximum Gasteiger partial charge on any atom is 0.320 e. The van der Waals surface area contributed by atoms with Crippen LogP contribution in [0.3, 0.4) is 0 Å². The Hall–Kier alpha value is -4.14. The average Bonchev–Trinajstić information content (AvgIpc) is 3.40. The van der Waals surface area contributed by atoms with Crippen molar-refractivity contribution in [3.05, 3.63) is 83.9 Å². The number of rotatable bonds is 10. The summed E-state index contributed by atoms with van der Waals surface area (Å²) in [4.78, 5) is 27.7. The van der Waals surface area contributed by atoms with Gasteiger partial charge >= 0.3 is 12.0 Å². The number of ether oxygens (including phenoxy) is 2. The van der Waals surface area contributed by atoms with Crippen LogP contribution in [0, 0.1) is 17.6 Å². The Balaban J connectivity index is 1.33. The predicted molar refractivity (Wildman–Crippen MR) is 138 cm³/mol. The maximum absolute atomic E-state index is 13.8. The number of carbonyl (C=O) groups is 2. The summed E-state index contributed by atoms with van der Waals surface area (Å²) in [5.41, 5.74) is 2.03. The lowest BCUT2D eigenvalue weighted by Crippen LogP contribution is -2.42. The number of urea groups is 1. The van der Waals surface area contributed by atoms with Crippen molar-refractivity contribution in [3.63, 3.8) is 0 Å². The molecule has 3 aromatic rings. The van der Waals surface area contributed by atoms with Gasteiger partial charge in [-0.05, 0) is 35.7 Å². The number of carboxylic acid groups (broad SMARTS) is 1. The summed E-state index contributed by atoms with van der Waals surface area (Å²) in [6, 6.07) is 18.4. The van der Waals surface area contributed by atoms with Crippen molar-refractivity contribution in [1.29, 1.82) is 0 Å². The lowest BCUT2D eigenvalue weighted by atomic mass is 10.0. The fraction of sp³-hybridized carbons (Fsp3) is 0.310. The molecule has 38 heavy (non-hydrogen) atoms. The number of benzene rings is 3. The zero-order chi connectivity index (χ0) is 27.1. The Morgan fingerprint density at radius 2 is 1.76 bits per heavy atom. The number of likely N-dealkylation sites (tertiary alicyclic amines) is 1. The zero-order valence-electron chi connectivity index (χ0n) is 21.1. The Labute approximate surface area is 220 Å². The molecular formula is C29H30F2N2O5. The van der Waals surface area contributed by atoms with Gasteiger partial charge in [-0.1, -0.05) is 42.5 Å². The Morgan fingerprint density at radius 3 is 2.45 bits per heavy atom. The van der Waals surface area contributed by atoms with E-state index in [1.807, 2.05) is 30.3 Å². The third-order valence-corrected chi connectivity index (χ3v) is 6.53. The second-order valence-corrected chi connectivity index (χ2v) is 9.24. The summed E-state index contributed by atoms with van der Waals surface area (Å²) >= 11 is 0. The monoisotopic (exact) mass is 524 g/mol. The number of hydrogen-bond acceptors (Lipinski definition) is 4. The first-order chi connectivity index (χ1) is 18.3. The normalized spacial score (nSPS) is 14.8. The summed E-state index contributed by atoms with van der Waals surface area (Å²) in [6.07, 6.45) is 0.652. The molecule has 1 aliphatic heterocycles. The molecular weight excluding hydrogens is 494 g/mol. The fourth-order valence-electron chi connectivity index (χ4n) is 4.49. The maximum atomic E-state index is 13.8. The molecule has 1 saturated heterocycles. The highest BCUT2D eigenvalue weighted by Gasteiger charge is 2.30. The lowest BCUT2D eigenvalue weighted by molar-refractivity contribution is -0.137. The molecule has 1 heterocycles. The molecule has 0 aromatic heterocycles. The van der Waals surface area contributed by atoms with Gasteiger partial charge in [0.2, 0.25) is 0 Å². The minimum Gasteiger partial charge on any atom is -0.496 e. The Kier molecular flexibility index (Phi) is 8.78. The van der Waals surface area contributed by atoms with Crippen LogP contribution in [-0.2, 0) is 11.3 Å². The van der Waals surface area contributed by atoms with Gasteiger partial charge in [-0.2, -0.15) is 0 Å². The van der Waals surface area contributed by atoms with Crippen molar-refractivity contribution in [2.24, 2.45) is 5.92 Å². The molecule has 1 fully saturated rings. The van der Waals surface area contributed by atoms with Gasteiger partial charge in [-0.25, -0.2) is 13.6 Å². The second-order valence-electron chi connectivity index (χ2n) is 9.24.